The monoisotopic (exact) mass is 286 g/mol. The van der Waals surface area contributed by atoms with Gasteiger partial charge in [-0.15, -0.1) is 11.3 Å². The van der Waals surface area contributed by atoms with E-state index in [1.165, 1.54) is 28.8 Å². The Morgan fingerprint density at radius 1 is 1.25 bits per heavy atom. The minimum absolute atomic E-state index is 0.434. The Hall–Kier alpha value is -1.16. The molecule has 1 saturated heterocycles. The smallest absolute Gasteiger partial charge is 0.0476 e. The molecule has 2 atom stereocenters. The highest BCUT2D eigenvalue weighted by Crippen LogP contribution is 2.24. The van der Waals surface area contributed by atoms with Crippen molar-refractivity contribution in [1.29, 1.82) is 0 Å². The van der Waals surface area contributed by atoms with E-state index >= 15 is 0 Å². The molecule has 2 heterocycles. The Kier molecular flexibility index (Phi) is 4.51. The lowest BCUT2D eigenvalue weighted by atomic mass is 9.92. The first-order valence-corrected chi connectivity index (χ1v) is 8.27. The lowest BCUT2D eigenvalue weighted by Gasteiger charge is -2.34. The number of piperidine rings is 1. The van der Waals surface area contributed by atoms with E-state index in [1.807, 2.05) is 11.3 Å². The zero-order chi connectivity index (χ0) is 13.8. The Morgan fingerprint density at radius 3 is 2.85 bits per heavy atom. The average molecular weight is 286 g/mol. The van der Waals surface area contributed by atoms with Gasteiger partial charge in [-0.2, -0.15) is 0 Å². The fraction of sp³-hybridized carbons (Fsp3) is 0.412. The lowest BCUT2D eigenvalue weighted by molar-refractivity contribution is 0.304. The standard InChI is InChI=1S/C17H22N2S/c1-13-15(9-11-20-13)12-19-16-8-5-10-18-17(16)14-6-3-2-4-7-14/h2-4,6-7,9,11,16-19H,5,8,10,12H2,1H3/t16-,17-/m0/s1. The zero-order valence-corrected chi connectivity index (χ0v) is 12.7. The number of hydrogen-bond donors (Lipinski definition) is 2. The van der Waals surface area contributed by atoms with Gasteiger partial charge in [0, 0.05) is 23.5 Å². The highest BCUT2D eigenvalue weighted by Gasteiger charge is 2.25. The molecule has 106 valence electrons. The second kappa shape index (κ2) is 6.53. The molecule has 2 nitrogen and oxygen atoms in total. The van der Waals surface area contributed by atoms with Gasteiger partial charge in [0.15, 0.2) is 0 Å². The maximum absolute atomic E-state index is 3.76. The first-order chi connectivity index (χ1) is 9.84. The number of aryl methyl sites for hydroxylation is 1. The van der Waals surface area contributed by atoms with E-state index in [1.54, 1.807) is 0 Å². The van der Waals surface area contributed by atoms with Crippen molar-refractivity contribution in [2.24, 2.45) is 0 Å². The van der Waals surface area contributed by atoms with E-state index in [0.29, 0.717) is 12.1 Å². The molecule has 1 fully saturated rings. The molecule has 3 heteroatoms. The van der Waals surface area contributed by atoms with Crippen molar-refractivity contribution in [3.05, 3.63) is 57.8 Å². The van der Waals surface area contributed by atoms with E-state index in [0.717, 1.165) is 13.1 Å². The third kappa shape index (κ3) is 3.11. The van der Waals surface area contributed by atoms with Crippen molar-refractivity contribution >= 4 is 11.3 Å². The van der Waals surface area contributed by atoms with Crippen molar-refractivity contribution in [2.75, 3.05) is 6.54 Å². The summed E-state index contributed by atoms with van der Waals surface area (Å²) in [7, 11) is 0. The Labute approximate surface area is 125 Å². The van der Waals surface area contributed by atoms with Gasteiger partial charge in [0.2, 0.25) is 0 Å². The van der Waals surface area contributed by atoms with Gasteiger partial charge in [0.05, 0.1) is 0 Å². The third-order valence-corrected chi connectivity index (χ3v) is 5.03. The summed E-state index contributed by atoms with van der Waals surface area (Å²) in [4.78, 5) is 1.43. The molecule has 0 unspecified atom stereocenters. The molecule has 0 saturated carbocycles. The van der Waals surface area contributed by atoms with Gasteiger partial charge in [0.1, 0.15) is 0 Å². The molecular formula is C17H22N2S. The molecule has 1 aliphatic heterocycles. The molecule has 2 aromatic rings. The minimum atomic E-state index is 0.434. The van der Waals surface area contributed by atoms with Crippen LogP contribution in [0.2, 0.25) is 0 Å². The van der Waals surface area contributed by atoms with E-state index in [9.17, 15) is 0 Å². The van der Waals surface area contributed by atoms with Gasteiger partial charge < -0.3 is 10.6 Å². The van der Waals surface area contributed by atoms with Crippen LogP contribution in [0, 0.1) is 6.92 Å². The number of hydrogen-bond acceptors (Lipinski definition) is 3. The van der Waals surface area contributed by atoms with Gasteiger partial charge in [-0.3, -0.25) is 0 Å². The quantitative estimate of drug-likeness (QED) is 0.896. The number of benzene rings is 1. The number of thiophene rings is 1. The van der Waals surface area contributed by atoms with E-state index in [2.05, 4.69) is 59.3 Å². The zero-order valence-electron chi connectivity index (χ0n) is 11.9. The SMILES string of the molecule is Cc1sccc1CN[C@H]1CCCN[C@H]1c1ccccc1. The predicted molar refractivity (Wildman–Crippen MR) is 86.1 cm³/mol. The lowest BCUT2D eigenvalue weighted by Crippen LogP contribution is -2.45. The van der Waals surface area contributed by atoms with E-state index in [4.69, 9.17) is 0 Å². The van der Waals surface area contributed by atoms with Crippen LogP contribution in [0.4, 0.5) is 0 Å². The summed E-state index contributed by atoms with van der Waals surface area (Å²) in [6.45, 7) is 4.30. The van der Waals surface area contributed by atoms with Gasteiger partial charge in [-0.25, -0.2) is 0 Å². The molecule has 0 amide bonds. The molecule has 20 heavy (non-hydrogen) atoms. The molecule has 0 radical (unpaired) electrons. The Morgan fingerprint density at radius 2 is 2.10 bits per heavy atom. The summed E-state index contributed by atoms with van der Waals surface area (Å²) in [5.41, 5.74) is 2.83. The van der Waals surface area contributed by atoms with Crippen LogP contribution in [0.15, 0.2) is 41.8 Å². The second-order valence-electron chi connectivity index (χ2n) is 5.47. The van der Waals surface area contributed by atoms with Crippen LogP contribution in [0.25, 0.3) is 0 Å². The fourth-order valence-corrected chi connectivity index (χ4v) is 3.68. The maximum Gasteiger partial charge on any atom is 0.0476 e. The van der Waals surface area contributed by atoms with Crippen molar-refractivity contribution in [2.45, 2.75) is 38.4 Å². The highest BCUT2D eigenvalue weighted by molar-refractivity contribution is 7.10. The summed E-state index contributed by atoms with van der Waals surface area (Å²) in [5.74, 6) is 0. The van der Waals surface area contributed by atoms with Crippen LogP contribution < -0.4 is 10.6 Å². The molecule has 1 aliphatic rings. The van der Waals surface area contributed by atoms with Crippen molar-refractivity contribution in [3.8, 4) is 0 Å². The maximum atomic E-state index is 3.76. The van der Waals surface area contributed by atoms with Crippen molar-refractivity contribution in [3.63, 3.8) is 0 Å². The Balaban J connectivity index is 1.68. The average Bonchev–Trinajstić information content (AvgIpc) is 2.92. The number of rotatable bonds is 4. The molecule has 1 aromatic carbocycles. The normalized spacial score (nSPS) is 22.9. The van der Waals surface area contributed by atoms with Crippen LogP contribution in [-0.4, -0.2) is 12.6 Å². The second-order valence-corrected chi connectivity index (χ2v) is 6.59. The van der Waals surface area contributed by atoms with Gasteiger partial charge >= 0.3 is 0 Å². The summed E-state index contributed by atoms with van der Waals surface area (Å²) < 4.78 is 0. The molecule has 0 spiro atoms. The Bertz CT molecular complexity index is 535. The molecule has 0 aliphatic carbocycles. The molecule has 3 rings (SSSR count). The fourth-order valence-electron chi connectivity index (χ4n) is 2.95. The largest absolute Gasteiger partial charge is 0.309 e. The summed E-state index contributed by atoms with van der Waals surface area (Å²) in [5, 5.41) is 9.61. The van der Waals surface area contributed by atoms with Gasteiger partial charge in [-0.05, 0) is 48.9 Å². The molecule has 0 bridgehead atoms. The van der Waals surface area contributed by atoms with Crippen LogP contribution in [0.5, 0.6) is 0 Å². The van der Waals surface area contributed by atoms with E-state index in [-0.39, 0.29) is 0 Å². The summed E-state index contributed by atoms with van der Waals surface area (Å²) in [6, 6.07) is 14.0. The predicted octanol–water partition coefficient (Wildman–Crippen LogP) is 3.64. The van der Waals surface area contributed by atoms with Gasteiger partial charge in [-0.1, -0.05) is 30.3 Å². The van der Waals surface area contributed by atoms with Crippen molar-refractivity contribution in [1.82, 2.24) is 10.6 Å². The first kappa shape index (κ1) is 13.8. The van der Waals surface area contributed by atoms with E-state index < -0.39 is 0 Å². The molecule has 2 N–H and O–H groups in total. The third-order valence-electron chi connectivity index (χ3n) is 4.14. The van der Waals surface area contributed by atoms with Crippen LogP contribution in [0.1, 0.15) is 34.9 Å². The summed E-state index contributed by atoms with van der Waals surface area (Å²) in [6.07, 6.45) is 2.50. The van der Waals surface area contributed by atoms with Gasteiger partial charge in [0.25, 0.3) is 0 Å². The van der Waals surface area contributed by atoms with Crippen LogP contribution in [0.3, 0.4) is 0 Å². The topological polar surface area (TPSA) is 24.1 Å². The number of nitrogens with one attached hydrogen (secondary N) is 2. The van der Waals surface area contributed by atoms with Crippen LogP contribution >= 0.6 is 11.3 Å². The minimum Gasteiger partial charge on any atom is -0.309 e. The molecular weight excluding hydrogens is 264 g/mol. The van der Waals surface area contributed by atoms with Crippen LogP contribution in [-0.2, 0) is 6.54 Å². The highest BCUT2D eigenvalue weighted by atomic mass is 32.1. The van der Waals surface area contributed by atoms with Crippen molar-refractivity contribution < 1.29 is 0 Å². The molecule has 1 aromatic heterocycles. The first-order valence-electron chi connectivity index (χ1n) is 7.39. The summed E-state index contributed by atoms with van der Waals surface area (Å²) >= 11 is 1.83.